The number of nitrogens with one attached hydrogen (secondary N) is 1. The molecule has 0 unspecified atom stereocenters. The Morgan fingerprint density at radius 2 is 1.92 bits per heavy atom. The predicted molar refractivity (Wildman–Crippen MR) is 53.3 cm³/mol. The van der Waals surface area contributed by atoms with Crippen molar-refractivity contribution >= 4 is 5.91 Å². The molecule has 0 heterocycles. The lowest BCUT2D eigenvalue weighted by Crippen LogP contribution is -2.43. The quantitative estimate of drug-likeness (QED) is 0.678. The maximum atomic E-state index is 11.3. The van der Waals surface area contributed by atoms with Crippen LogP contribution in [0.4, 0.5) is 0 Å². The summed E-state index contributed by atoms with van der Waals surface area (Å²) in [4.78, 5) is 11.3. The molecular weight excluding hydrogens is 166 g/mol. The summed E-state index contributed by atoms with van der Waals surface area (Å²) in [6.45, 7) is 7.80. The number of hydrogen-bond acceptors (Lipinski definition) is 2. The number of carbonyl (C=O) groups is 1. The Labute approximate surface area is 80.5 Å². The highest BCUT2D eigenvalue weighted by Crippen LogP contribution is 2.07. The van der Waals surface area contributed by atoms with E-state index in [1.165, 1.54) is 0 Å². The zero-order valence-electron chi connectivity index (χ0n) is 9.00. The van der Waals surface area contributed by atoms with E-state index in [9.17, 15) is 4.79 Å². The Hall–Kier alpha value is -0.570. The zero-order valence-corrected chi connectivity index (χ0v) is 9.00. The SMILES string of the molecule is CC[C@@H](C)[C@@H](CO)NC(=O)C(C)C. The van der Waals surface area contributed by atoms with Gasteiger partial charge < -0.3 is 10.4 Å². The third-order valence-corrected chi connectivity index (χ3v) is 2.38. The first-order valence-corrected chi connectivity index (χ1v) is 4.94. The van der Waals surface area contributed by atoms with Crippen molar-refractivity contribution in [2.24, 2.45) is 11.8 Å². The zero-order chi connectivity index (χ0) is 10.4. The van der Waals surface area contributed by atoms with Gasteiger partial charge in [0.2, 0.25) is 5.91 Å². The summed E-state index contributed by atoms with van der Waals surface area (Å²) in [5, 5.41) is 11.9. The summed E-state index contributed by atoms with van der Waals surface area (Å²) in [6, 6.07) is -0.0973. The van der Waals surface area contributed by atoms with Crippen LogP contribution in [0.15, 0.2) is 0 Å². The van der Waals surface area contributed by atoms with Crippen LogP contribution < -0.4 is 5.32 Å². The van der Waals surface area contributed by atoms with Crippen molar-refractivity contribution in [1.82, 2.24) is 5.32 Å². The van der Waals surface area contributed by atoms with Gasteiger partial charge in [-0.25, -0.2) is 0 Å². The monoisotopic (exact) mass is 187 g/mol. The van der Waals surface area contributed by atoms with E-state index in [1.54, 1.807) is 0 Å². The minimum Gasteiger partial charge on any atom is -0.394 e. The van der Waals surface area contributed by atoms with Crippen LogP contribution in [0.25, 0.3) is 0 Å². The average molecular weight is 187 g/mol. The van der Waals surface area contributed by atoms with Gasteiger partial charge in [-0.3, -0.25) is 4.79 Å². The highest BCUT2D eigenvalue weighted by molar-refractivity contribution is 5.78. The first kappa shape index (κ1) is 12.4. The molecule has 0 aliphatic carbocycles. The molecule has 0 aliphatic rings. The molecule has 2 N–H and O–H groups in total. The van der Waals surface area contributed by atoms with Crippen LogP contribution in [0.5, 0.6) is 0 Å². The van der Waals surface area contributed by atoms with E-state index in [1.807, 2.05) is 20.8 Å². The summed E-state index contributed by atoms with van der Waals surface area (Å²) in [7, 11) is 0. The molecule has 0 fully saturated rings. The van der Waals surface area contributed by atoms with Crippen molar-refractivity contribution in [3.8, 4) is 0 Å². The molecule has 0 saturated carbocycles. The normalized spacial score (nSPS) is 15.5. The van der Waals surface area contributed by atoms with Gasteiger partial charge in [0.05, 0.1) is 12.6 Å². The van der Waals surface area contributed by atoms with Gasteiger partial charge in [0.1, 0.15) is 0 Å². The number of aliphatic hydroxyl groups excluding tert-OH is 1. The molecule has 2 atom stereocenters. The largest absolute Gasteiger partial charge is 0.394 e. The number of aliphatic hydroxyl groups is 1. The fraction of sp³-hybridized carbons (Fsp3) is 0.900. The molecular formula is C10H21NO2. The van der Waals surface area contributed by atoms with Crippen LogP contribution in [0.3, 0.4) is 0 Å². The van der Waals surface area contributed by atoms with Crippen LogP contribution in [-0.2, 0) is 4.79 Å². The first-order chi connectivity index (χ1) is 6.02. The molecule has 0 bridgehead atoms. The van der Waals surface area contributed by atoms with Gasteiger partial charge >= 0.3 is 0 Å². The van der Waals surface area contributed by atoms with E-state index in [-0.39, 0.29) is 24.5 Å². The Bertz CT molecular complexity index is 157. The molecule has 3 nitrogen and oxygen atoms in total. The maximum absolute atomic E-state index is 11.3. The number of amides is 1. The van der Waals surface area contributed by atoms with Gasteiger partial charge in [0.15, 0.2) is 0 Å². The third kappa shape index (κ3) is 4.27. The number of carbonyl (C=O) groups excluding carboxylic acids is 1. The summed E-state index contributed by atoms with van der Waals surface area (Å²) < 4.78 is 0. The van der Waals surface area contributed by atoms with Crippen molar-refractivity contribution < 1.29 is 9.90 Å². The lowest BCUT2D eigenvalue weighted by molar-refractivity contribution is -0.125. The van der Waals surface area contributed by atoms with E-state index in [0.717, 1.165) is 6.42 Å². The van der Waals surface area contributed by atoms with Crippen LogP contribution >= 0.6 is 0 Å². The maximum Gasteiger partial charge on any atom is 0.222 e. The highest BCUT2D eigenvalue weighted by Gasteiger charge is 2.18. The molecule has 0 spiro atoms. The van der Waals surface area contributed by atoms with Gasteiger partial charge in [-0.15, -0.1) is 0 Å². The minimum absolute atomic E-state index is 0.0133. The second-order valence-electron chi connectivity index (χ2n) is 3.84. The minimum atomic E-state index is -0.0973. The second kappa shape index (κ2) is 5.97. The summed E-state index contributed by atoms with van der Waals surface area (Å²) in [5.74, 6) is 0.324. The fourth-order valence-corrected chi connectivity index (χ4v) is 1.00. The third-order valence-electron chi connectivity index (χ3n) is 2.38. The lowest BCUT2D eigenvalue weighted by atomic mass is 9.99. The van der Waals surface area contributed by atoms with Gasteiger partial charge in [-0.1, -0.05) is 34.1 Å². The smallest absolute Gasteiger partial charge is 0.222 e. The number of hydrogen-bond donors (Lipinski definition) is 2. The van der Waals surface area contributed by atoms with Crippen molar-refractivity contribution in [2.45, 2.75) is 40.2 Å². The van der Waals surface area contributed by atoms with E-state index >= 15 is 0 Å². The summed E-state index contributed by atoms with van der Waals surface area (Å²) in [6.07, 6.45) is 0.962. The van der Waals surface area contributed by atoms with Gasteiger partial charge in [0, 0.05) is 5.92 Å². The average Bonchev–Trinajstić information content (AvgIpc) is 2.12. The van der Waals surface area contributed by atoms with E-state index in [0.29, 0.717) is 5.92 Å². The molecule has 0 saturated heterocycles. The topological polar surface area (TPSA) is 49.3 Å². The van der Waals surface area contributed by atoms with Gasteiger partial charge in [-0.05, 0) is 5.92 Å². The van der Waals surface area contributed by atoms with Crippen LogP contribution in [-0.4, -0.2) is 23.7 Å². The molecule has 0 aromatic carbocycles. The van der Waals surface area contributed by atoms with Gasteiger partial charge in [-0.2, -0.15) is 0 Å². The molecule has 13 heavy (non-hydrogen) atoms. The first-order valence-electron chi connectivity index (χ1n) is 4.94. The molecule has 0 aromatic heterocycles. The summed E-state index contributed by atoms with van der Waals surface area (Å²) in [5.41, 5.74) is 0. The van der Waals surface area contributed by atoms with Crippen molar-refractivity contribution in [3.05, 3.63) is 0 Å². The second-order valence-corrected chi connectivity index (χ2v) is 3.84. The molecule has 0 rings (SSSR count). The summed E-state index contributed by atoms with van der Waals surface area (Å²) >= 11 is 0. The van der Waals surface area contributed by atoms with Crippen molar-refractivity contribution in [2.75, 3.05) is 6.61 Å². The standard InChI is InChI=1S/C10H21NO2/c1-5-8(4)9(6-12)11-10(13)7(2)3/h7-9,12H,5-6H2,1-4H3,(H,11,13)/t8-,9-/m1/s1. The van der Waals surface area contributed by atoms with Gasteiger partial charge in [0.25, 0.3) is 0 Å². The molecule has 0 aromatic rings. The van der Waals surface area contributed by atoms with E-state index < -0.39 is 0 Å². The van der Waals surface area contributed by atoms with Crippen LogP contribution in [0, 0.1) is 11.8 Å². The molecule has 0 aliphatic heterocycles. The Morgan fingerprint density at radius 3 is 2.23 bits per heavy atom. The number of rotatable bonds is 5. The molecule has 1 amide bonds. The van der Waals surface area contributed by atoms with Crippen molar-refractivity contribution in [3.63, 3.8) is 0 Å². The van der Waals surface area contributed by atoms with Crippen LogP contribution in [0.2, 0.25) is 0 Å². The predicted octanol–water partition coefficient (Wildman–Crippen LogP) is 1.17. The molecule has 78 valence electrons. The molecule has 0 radical (unpaired) electrons. The lowest BCUT2D eigenvalue weighted by Gasteiger charge is -2.23. The Balaban J connectivity index is 4.05. The fourth-order valence-electron chi connectivity index (χ4n) is 1.00. The van der Waals surface area contributed by atoms with E-state index in [2.05, 4.69) is 12.2 Å². The Kier molecular flexibility index (Phi) is 5.71. The van der Waals surface area contributed by atoms with E-state index in [4.69, 9.17) is 5.11 Å². The van der Waals surface area contributed by atoms with Crippen LogP contribution in [0.1, 0.15) is 34.1 Å². The highest BCUT2D eigenvalue weighted by atomic mass is 16.3. The van der Waals surface area contributed by atoms with Crippen molar-refractivity contribution in [1.29, 1.82) is 0 Å². The Morgan fingerprint density at radius 1 is 1.38 bits per heavy atom. The molecule has 3 heteroatoms.